The Morgan fingerprint density at radius 3 is 2.50 bits per heavy atom. The number of rotatable bonds is 6. The van der Waals surface area contributed by atoms with E-state index in [0.29, 0.717) is 27.7 Å². The van der Waals surface area contributed by atoms with Gasteiger partial charge in [0.05, 0.1) is 28.8 Å². The van der Waals surface area contributed by atoms with Gasteiger partial charge in [0.2, 0.25) is 0 Å². The van der Waals surface area contributed by atoms with Crippen molar-refractivity contribution in [3.8, 4) is 5.75 Å². The summed E-state index contributed by atoms with van der Waals surface area (Å²) in [5, 5.41) is 0. The molecule has 0 N–H and O–H groups in total. The van der Waals surface area contributed by atoms with Crippen LogP contribution in [-0.4, -0.2) is 56.5 Å². The molecule has 1 aromatic carbocycles. The maximum absolute atomic E-state index is 13.0. The van der Waals surface area contributed by atoms with Crippen LogP contribution < -0.4 is 9.54 Å². The van der Waals surface area contributed by atoms with E-state index in [0.717, 1.165) is 21.6 Å². The Morgan fingerprint density at radius 1 is 1.15 bits per heavy atom. The Hall–Kier alpha value is -2.25. The summed E-state index contributed by atoms with van der Waals surface area (Å²) in [6.45, 7) is 0.347. The highest BCUT2D eigenvalue weighted by molar-refractivity contribution is 7.91. The number of benzene rings is 1. The van der Waals surface area contributed by atoms with Gasteiger partial charge in [-0.25, -0.2) is 8.42 Å². The zero-order chi connectivity index (χ0) is 24.5. The minimum absolute atomic E-state index is 0.0883. The third kappa shape index (κ3) is 5.05. The number of methoxy groups -OCH3 is 2. The normalized spacial score (nSPS) is 16.1. The first-order chi connectivity index (χ1) is 16.2. The van der Waals surface area contributed by atoms with E-state index < -0.39 is 21.9 Å². The smallest absolute Gasteiger partial charge is 0.325 e. The van der Waals surface area contributed by atoms with Crippen molar-refractivity contribution >= 4 is 66.4 Å². The Kier molecular flexibility index (Phi) is 7.43. The molecule has 3 aromatic rings. The van der Waals surface area contributed by atoms with Crippen LogP contribution in [0.15, 0.2) is 39.5 Å². The lowest BCUT2D eigenvalue weighted by Crippen LogP contribution is -2.40. The van der Waals surface area contributed by atoms with Gasteiger partial charge in [0.1, 0.15) is 16.5 Å². The number of hydrogen-bond donors (Lipinski definition) is 0. The SMILES string of the molecule is COC(=O)Cn1c(=NC(=O)C2CCN(S(=O)(=O)c3ccc(Cl)s3)CC2)sc2cc(OC)ccc21. The van der Waals surface area contributed by atoms with Crippen LogP contribution >= 0.6 is 34.3 Å². The largest absolute Gasteiger partial charge is 0.497 e. The van der Waals surface area contributed by atoms with Crippen LogP contribution in [0.4, 0.5) is 0 Å². The number of thiazole rings is 1. The third-order valence-electron chi connectivity index (χ3n) is 5.56. The average molecular weight is 544 g/mol. The Bertz CT molecular complexity index is 1400. The number of piperidine rings is 1. The molecule has 0 radical (unpaired) electrons. The number of carbonyl (C=O) groups is 2. The molecule has 1 saturated heterocycles. The van der Waals surface area contributed by atoms with Gasteiger partial charge in [0.15, 0.2) is 4.80 Å². The molecule has 0 spiro atoms. The molecule has 0 unspecified atom stereocenters. The van der Waals surface area contributed by atoms with Crippen LogP contribution in [0.5, 0.6) is 5.75 Å². The van der Waals surface area contributed by atoms with Gasteiger partial charge in [0.25, 0.3) is 15.9 Å². The van der Waals surface area contributed by atoms with Crippen LogP contribution in [0, 0.1) is 5.92 Å². The number of carbonyl (C=O) groups excluding carboxylic acids is 2. The highest BCUT2D eigenvalue weighted by atomic mass is 35.5. The van der Waals surface area contributed by atoms with E-state index in [1.165, 1.54) is 28.8 Å². The Morgan fingerprint density at radius 2 is 1.88 bits per heavy atom. The number of ether oxygens (including phenoxy) is 2. The topological polar surface area (TPSA) is 107 Å². The van der Waals surface area contributed by atoms with Crippen molar-refractivity contribution in [2.24, 2.45) is 10.9 Å². The zero-order valence-electron chi connectivity index (χ0n) is 18.4. The number of sulfonamides is 1. The highest BCUT2D eigenvalue weighted by Gasteiger charge is 2.33. The predicted molar refractivity (Wildman–Crippen MR) is 130 cm³/mol. The summed E-state index contributed by atoms with van der Waals surface area (Å²) in [5.74, 6) is -0.563. The molecule has 1 aliphatic rings. The van der Waals surface area contributed by atoms with Crippen molar-refractivity contribution in [1.82, 2.24) is 8.87 Å². The standard InChI is InChI=1S/C21H22ClN3O6S3/c1-30-14-3-4-15-16(11-14)32-21(25(15)12-18(26)31-2)23-20(27)13-7-9-24(10-8-13)34(28,29)19-6-5-17(22)33-19/h3-6,11,13H,7-10,12H2,1-2H3. The molecule has 13 heteroatoms. The molecule has 0 saturated carbocycles. The monoisotopic (exact) mass is 543 g/mol. The molecule has 0 bridgehead atoms. The number of nitrogens with zero attached hydrogens (tertiary/aromatic N) is 3. The molecule has 9 nitrogen and oxygen atoms in total. The summed E-state index contributed by atoms with van der Waals surface area (Å²) in [4.78, 5) is 29.7. The summed E-state index contributed by atoms with van der Waals surface area (Å²) < 4.78 is 40.1. The van der Waals surface area contributed by atoms with Gasteiger partial charge in [-0.1, -0.05) is 22.9 Å². The quantitative estimate of drug-likeness (QED) is 0.442. The summed E-state index contributed by atoms with van der Waals surface area (Å²) in [6.07, 6.45) is 0.715. The van der Waals surface area contributed by atoms with E-state index in [9.17, 15) is 18.0 Å². The fourth-order valence-corrected chi connectivity index (χ4v) is 7.87. The van der Waals surface area contributed by atoms with E-state index in [1.54, 1.807) is 29.9 Å². The van der Waals surface area contributed by atoms with Gasteiger partial charge in [-0.2, -0.15) is 9.30 Å². The number of halogens is 1. The van der Waals surface area contributed by atoms with Crippen molar-refractivity contribution in [3.63, 3.8) is 0 Å². The number of thiophene rings is 1. The first-order valence-electron chi connectivity index (χ1n) is 10.3. The van der Waals surface area contributed by atoms with Gasteiger partial charge < -0.3 is 14.0 Å². The van der Waals surface area contributed by atoms with Crippen molar-refractivity contribution in [1.29, 1.82) is 0 Å². The fourth-order valence-electron chi connectivity index (χ4n) is 3.70. The van der Waals surface area contributed by atoms with Gasteiger partial charge in [0, 0.05) is 19.0 Å². The number of aromatic nitrogens is 1. The summed E-state index contributed by atoms with van der Waals surface area (Å²) in [7, 11) is -0.775. The zero-order valence-corrected chi connectivity index (χ0v) is 21.6. The van der Waals surface area contributed by atoms with Gasteiger partial charge in [-0.3, -0.25) is 9.59 Å². The molecular formula is C21H22ClN3O6S3. The second-order valence-corrected chi connectivity index (χ2v) is 12.5. The molecule has 1 fully saturated rings. The van der Waals surface area contributed by atoms with E-state index in [1.807, 2.05) is 6.07 Å². The van der Waals surface area contributed by atoms with Gasteiger partial charge in [-0.05, 0) is 43.2 Å². The highest BCUT2D eigenvalue weighted by Crippen LogP contribution is 2.31. The molecule has 1 aliphatic heterocycles. The van der Waals surface area contributed by atoms with Gasteiger partial charge >= 0.3 is 5.97 Å². The molecule has 3 heterocycles. The molecule has 0 atom stereocenters. The second kappa shape index (κ2) is 10.2. The number of fused-ring (bicyclic) bond motifs is 1. The number of amides is 1. The lowest BCUT2D eigenvalue weighted by Gasteiger charge is -2.29. The van der Waals surface area contributed by atoms with E-state index in [2.05, 4.69) is 4.99 Å². The van der Waals surface area contributed by atoms with Crippen LogP contribution in [0.2, 0.25) is 4.34 Å². The van der Waals surface area contributed by atoms with Crippen molar-refractivity contribution in [3.05, 3.63) is 39.5 Å². The first-order valence-corrected chi connectivity index (χ1v) is 13.8. The lowest BCUT2D eigenvalue weighted by atomic mass is 9.98. The van der Waals surface area contributed by atoms with Crippen LogP contribution in [0.1, 0.15) is 12.8 Å². The molecule has 2 aromatic heterocycles. The molecule has 182 valence electrons. The van der Waals surface area contributed by atoms with Crippen LogP contribution in [0.3, 0.4) is 0 Å². The van der Waals surface area contributed by atoms with Gasteiger partial charge in [-0.15, -0.1) is 11.3 Å². The second-order valence-electron chi connectivity index (χ2n) is 7.57. The predicted octanol–water partition coefficient (Wildman–Crippen LogP) is 3.13. The molecular weight excluding hydrogens is 522 g/mol. The number of hydrogen-bond acceptors (Lipinski definition) is 8. The van der Waals surface area contributed by atoms with Crippen molar-refractivity contribution < 1.29 is 27.5 Å². The Labute approximate surface area is 209 Å². The molecule has 1 amide bonds. The minimum Gasteiger partial charge on any atom is -0.497 e. The average Bonchev–Trinajstić information content (AvgIpc) is 3.42. The molecule has 34 heavy (non-hydrogen) atoms. The lowest BCUT2D eigenvalue weighted by molar-refractivity contribution is -0.141. The molecule has 0 aliphatic carbocycles. The number of esters is 1. The first kappa shape index (κ1) is 24.9. The summed E-state index contributed by atoms with van der Waals surface area (Å²) in [5.41, 5.74) is 0.735. The van der Waals surface area contributed by atoms with E-state index >= 15 is 0 Å². The minimum atomic E-state index is -3.64. The maximum atomic E-state index is 13.0. The fraction of sp³-hybridized carbons (Fsp3) is 0.381. The van der Waals surface area contributed by atoms with E-state index in [-0.39, 0.29) is 29.8 Å². The maximum Gasteiger partial charge on any atom is 0.325 e. The van der Waals surface area contributed by atoms with Crippen LogP contribution in [-0.2, 0) is 30.9 Å². The van der Waals surface area contributed by atoms with Crippen LogP contribution in [0.25, 0.3) is 10.2 Å². The molecule has 4 rings (SSSR count). The third-order valence-corrected chi connectivity index (χ3v) is 10.2. The van der Waals surface area contributed by atoms with Crippen molar-refractivity contribution in [2.75, 3.05) is 27.3 Å². The van der Waals surface area contributed by atoms with E-state index in [4.69, 9.17) is 21.1 Å². The summed E-state index contributed by atoms with van der Waals surface area (Å²) >= 11 is 8.17. The Balaban J connectivity index is 1.56. The van der Waals surface area contributed by atoms with Crippen molar-refractivity contribution in [2.45, 2.75) is 23.6 Å². The summed E-state index contributed by atoms with van der Waals surface area (Å²) in [6, 6.07) is 8.43.